The van der Waals surface area contributed by atoms with Crippen molar-refractivity contribution in [1.29, 1.82) is 0 Å². The lowest BCUT2D eigenvalue weighted by Crippen LogP contribution is -2.49. The van der Waals surface area contributed by atoms with Crippen LogP contribution in [-0.4, -0.2) is 35.3 Å². The lowest BCUT2D eigenvalue weighted by Gasteiger charge is -2.32. The highest BCUT2D eigenvalue weighted by atomic mass is 19.1. The van der Waals surface area contributed by atoms with E-state index < -0.39 is 23.7 Å². The van der Waals surface area contributed by atoms with E-state index in [0.717, 1.165) is 25.7 Å². The number of halogens is 1. The van der Waals surface area contributed by atoms with Gasteiger partial charge in [-0.25, -0.2) is 4.39 Å². The van der Waals surface area contributed by atoms with E-state index in [-0.39, 0.29) is 24.3 Å². The van der Waals surface area contributed by atoms with Crippen LogP contribution in [0.25, 0.3) is 0 Å². The third kappa shape index (κ3) is 5.48. The molecule has 0 aliphatic heterocycles. The molecule has 1 saturated carbocycles. The zero-order valence-electron chi connectivity index (χ0n) is 18.4. The van der Waals surface area contributed by atoms with Crippen molar-refractivity contribution in [3.63, 3.8) is 0 Å². The third-order valence-corrected chi connectivity index (χ3v) is 5.73. The first-order valence-electron chi connectivity index (χ1n) is 11.1. The van der Waals surface area contributed by atoms with Gasteiger partial charge in [0.2, 0.25) is 11.8 Å². The molecule has 8 nitrogen and oxygen atoms in total. The van der Waals surface area contributed by atoms with Gasteiger partial charge < -0.3 is 15.1 Å². The van der Waals surface area contributed by atoms with Crippen LogP contribution in [0.15, 0.2) is 71.6 Å². The van der Waals surface area contributed by atoms with Crippen LogP contribution < -0.4 is 15.5 Å². The SMILES string of the molecule is O=C(NCC(=O)N(c1cccnc1)[C@@H](C(=O)NC1CCCC1)c1ccc(F)cc1)c1ccco1. The average molecular weight is 464 g/mol. The van der Waals surface area contributed by atoms with E-state index in [1.54, 1.807) is 24.4 Å². The van der Waals surface area contributed by atoms with Crippen LogP contribution in [0.1, 0.15) is 47.8 Å². The number of nitrogens with one attached hydrogen (secondary N) is 2. The summed E-state index contributed by atoms with van der Waals surface area (Å²) >= 11 is 0. The molecule has 176 valence electrons. The van der Waals surface area contributed by atoms with E-state index in [9.17, 15) is 18.8 Å². The number of pyridine rings is 1. The zero-order valence-corrected chi connectivity index (χ0v) is 18.4. The Labute approximate surface area is 196 Å². The number of carbonyl (C=O) groups excluding carboxylic acids is 3. The van der Waals surface area contributed by atoms with Gasteiger partial charge in [-0.1, -0.05) is 25.0 Å². The molecule has 0 bridgehead atoms. The minimum Gasteiger partial charge on any atom is -0.459 e. The molecule has 2 N–H and O–H groups in total. The average Bonchev–Trinajstić information content (AvgIpc) is 3.57. The van der Waals surface area contributed by atoms with Crippen molar-refractivity contribution in [2.24, 2.45) is 0 Å². The number of carbonyl (C=O) groups is 3. The topological polar surface area (TPSA) is 105 Å². The maximum absolute atomic E-state index is 13.7. The minimum absolute atomic E-state index is 0.0138. The van der Waals surface area contributed by atoms with E-state index in [0.29, 0.717) is 11.3 Å². The molecule has 0 saturated heterocycles. The molecule has 1 aliphatic rings. The summed E-state index contributed by atoms with van der Waals surface area (Å²) in [7, 11) is 0. The number of nitrogens with zero attached hydrogens (tertiary/aromatic N) is 2. The van der Waals surface area contributed by atoms with Gasteiger partial charge in [0.15, 0.2) is 5.76 Å². The molecule has 3 amide bonds. The van der Waals surface area contributed by atoms with Gasteiger partial charge in [0.25, 0.3) is 5.91 Å². The molecule has 0 unspecified atom stereocenters. The molecule has 0 radical (unpaired) electrons. The number of benzene rings is 1. The molecule has 34 heavy (non-hydrogen) atoms. The fourth-order valence-corrected chi connectivity index (χ4v) is 4.08. The lowest BCUT2D eigenvalue weighted by atomic mass is 10.0. The van der Waals surface area contributed by atoms with Crippen molar-refractivity contribution in [2.45, 2.75) is 37.8 Å². The van der Waals surface area contributed by atoms with Crippen LogP contribution in [0.4, 0.5) is 10.1 Å². The van der Waals surface area contributed by atoms with Crippen LogP contribution in [0.5, 0.6) is 0 Å². The smallest absolute Gasteiger partial charge is 0.287 e. The lowest BCUT2D eigenvalue weighted by molar-refractivity contribution is -0.126. The second kappa shape index (κ2) is 10.7. The monoisotopic (exact) mass is 464 g/mol. The molecule has 3 aromatic rings. The Morgan fingerprint density at radius 2 is 1.85 bits per heavy atom. The fraction of sp³-hybridized carbons (Fsp3) is 0.280. The summed E-state index contributed by atoms with van der Waals surface area (Å²) in [5.41, 5.74) is 0.808. The number of rotatable bonds is 8. The first kappa shape index (κ1) is 23.2. The van der Waals surface area contributed by atoms with Crippen molar-refractivity contribution >= 4 is 23.4 Å². The molecular weight excluding hydrogens is 439 g/mol. The van der Waals surface area contributed by atoms with Gasteiger partial charge in [-0.15, -0.1) is 0 Å². The summed E-state index contributed by atoms with van der Waals surface area (Å²) in [5, 5.41) is 5.56. The number of anilines is 1. The fourth-order valence-electron chi connectivity index (χ4n) is 4.08. The van der Waals surface area contributed by atoms with Crippen molar-refractivity contribution < 1.29 is 23.2 Å². The molecule has 0 spiro atoms. The number of amides is 3. The zero-order chi connectivity index (χ0) is 23.9. The summed E-state index contributed by atoms with van der Waals surface area (Å²) < 4.78 is 18.7. The Bertz CT molecular complexity index is 1110. The van der Waals surface area contributed by atoms with E-state index in [2.05, 4.69) is 15.6 Å². The minimum atomic E-state index is -1.08. The van der Waals surface area contributed by atoms with E-state index in [1.807, 2.05) is 0 Å². The van der Waals surface area contributed by atoms with Crippen molar-refractivity contribution in [2.75, 3.05) is 11.4 Å². The molecule has 1 atom stereocenters. The number of aromatic nitrogens is 1. The quantitative estimate of drug-likeness (QED) is 0.532. The summed E-state index contributed by atoms with van der Waals surface area (Å²) in [5.74, 6) is -1.87. The van der Waals surface area contributed by atoms with E-state index in [1.165, 1.54) is 47.7 Å². The molecule has 1 aromatic carbocycles. The van der Waals surface area contributed by atoms with E-state index >= 15 is 0 Å². The Hall–Kier alpha value is -4.01. The van der Waals surface area contributed by atoms with Gasteiger partial charge in [0, 0.05) is 12.2 Å². The first-order valence-corrected chi connectivity index (χ1v) is 11.1. The first-order chi connectivity index (χ1) is 16.5. The van der Waals surface area contributed by atoms with Crippen LogP contribution in [0.3, 0.4) is 0 Å². The molecule has 1 aliphatic carbocycles. The van der Waals surface area contributed by atoms with Gasteiger partial charge in [-0.3, -0.25) is 24.3 Å². The summed E-state index contributed by atoms with van der Waals surface area (Å²) in [6.45, 7) is -0.386. The number of hydrogen-bond acceptors (Lipinski definition) is 5. The maximum atomic E-state index is 13.7. The highest BCUT2D eigenvalue weighted by Gasteiger charge is 2.34. The molecule has 2 heterocycles. The predicted octanol–water partition coefficient (Wildman–Crippen LogP) is 3.38. The summed E-state index contributed by atoms with van der Waals surface area (Å²) in [6.07, 6.45) is 8.15. The highest BCUT2D eigenvalue weighted by molar-refractivity contribution is 6.04. The largest absolute Gasteiger partial charge is 0.459 e. The number of hydrogen-bond donors (Lipinski definition) is 2. The third-order valence-electron chi connectivity index (χ3n) is 5.73. The Morgan fingerprint density at radius 1 is 1.09 bits per heavy atom. The van der Waals surface area contributed by atoms with Gasteiger partial charge in [-0.2, -0.15) is 0 Å². The predicted molar refractivity (Wildman–Crippen MR) is 122 cm³/mol. The van der Waals surface area contributed by atoms with Gasteiger partial charge in [-0.05, 0) is 54.8 Å². The Kier molecular flexibility index (Phi) is 7.31. The van der Waals surface area contributed by atoms with Crippen LogP contribution in [0.2, 0.25) is 0 Å². The van der Waals surface area contributed by atoms with Crippen LogP contribution in [-0.2, 0) is 9.59 Å². The Balaban J connectivity index is 1.65. The molecular formula is C25H25FN4O4. The highest BCUT2D eigenvalue weighted by Crippen LogP contribution is 2.29. The van der Waals surface area contributed by atoms with Crippen molar-refractivity contribution in [3.05, 3.63) is 84.3 Å². The van der Waals surface area contributed by atoms with Gasteiger partial charge in [0.05, 0.1) is 24.7 Å². The molecule has 2 aromatic heterocycles. The molecule has 9 heteroatoms. The Morgan fingerprint density at radius 3 is 2.50 bits per heavy atom. The second-order valence-corrected chi connectivity index (χ2v) is 8.08. The maximum Gasteiger partial charge on any atom is 0.287 e. The normalized spacial score (nSPS) is 14.4. The number of furan rings is 1. The summed E-state index contributed by atoms with van der Waals surface area (Å²) in [4.78, 5) is 44.6. The molecule has 4 rings (SSSR count). The van der Waals surface area contributed by atoms with Crippen molar-refractivity contribution in [1.82, 2.24) is 15.6 Å². The van der Waals surface area contributed by atoms with Gasteiger partial charge >= 0.3 is 0 Å². The second-order valence-electron chi connectivity index (χ2n) is 8.08. The van der Waals surface area contributed by atoms with Crippen molar-refractivity contribution in [3.8, 4) is 0 Å². The van der Waals surface area contributed by atoms with Crippen LogP contribution >= 0.6 is 0 Å². The van der Waals surface area contributed by atoms with E-state index in [4.69, 9.17) is 4.42 Å². The van der Waals surface area contributed by atoms with Gasteiger partial charge in [0.1, 0.15) is 11.9 Å². The molecule has 1 fully saturated rings. The summed E-state index contributed by atoms with van der Waals surface area (Å²) in [6, 6.07) is 10.7. The van der Waals surface area contributed by atoms with Crippen LogP contribution in [0, 0.1) is 5.82 Å². The standard InChI is InChI=1S/C25H25FN4O4/c26-18-11-9-17(10-12-18)23(25(33)29-19-5-1-2-6-19)30(20-7-3-13-27-15-20)22(31)16-28-24(32)21-8-4-14-34-21/h3-4,7-15,19,23H,1-2,5-6,16H2,(H,28,32)(H,29,33)/t23-/m1/s1.